The van der Waals surface area contributed by atoms with Crippen molar-refractivity contribution >= 4 is 33.7 Å². The molecule has 0 unspecified atom stereocenters. The monoisotopic (exact) mass is 334 g/mol. The Morgan fingerprint density at radius 3 is 2.67 bits per heavy atom. The maximum absolute atomic E-state index is 13.5. The molecule has 0 amide bonds. The van der Waals surface area contributed by atoms with Gasteiger partial charge in [-0.1, -0.05) is 22.0 Å². The summed E-state index contributed by atoms with van der Waals surface area (Å²) in [7, 11) is 0. The Balaban J connectivity index is 2.40. The molecule has 1 rings (SSSR count). The molecule has 0 aromatic heterocycles. The fourth-order valence-electron chi connectivity index (χ4n) is 1.25. The Morgan fingerprint density at radius 1 is 1.44 bits per heavy atom. The van der Waals surface area contributed by atoms with Gasteiger partial charge in [0.25, 0.3) is 0 Å². The quantitative estimate of drug-likeness (QED) is 0.773. The maximum Gasteiger partial charge on any atom is 0.316 e. The largest absolute Gasteiger partial charge is 0.459 e. The van der Waals surface area contributed by atoms with Crippen LogP contribution in [0.15, 0.2) is 22.7 Å². The number of hydrogen-bond donors (Lipinski definition) is 0. The van der Waals surface area contributed by atoms with E-state index in [-0.39, 0.29) is 17.5 Å². The maximum atomic E-state index is 13.5. The van der Waals surface area contributed by atoms with Crippen molar-refractivity contribution in [3.63, 3.8) is 0 Å². The van der Waals surface area contributed by atoms with Gasteiger partial charge in [-0.2, -0.15) is 0 Å². The molecule has 0 aliphatic rings. The minimum absolute atomic E-state index is 0.229. The van der Waals surface area contributed by atoms with E-state index < -0.39 is 5.60 Å². The topological polar surface area (TPSA) is 26.3 Å². The van der Waals surface area contributed by atoms with Crippen LogP contribution >= 0.6 is 27.7 Å². The molecule has 0 saturated carbocycles. The van der Waals surface area contributed by atoms with E-state index in [1.165, 1.54) is 17.8 Å². The van der Waals surface area contributed by atoms with Gasteiger partial charge in [0.1, 0.15) is 11.4 Å². The lowest BCUT2D eigenvalue weighted by atomic mass is 10.2. The van der Waals surface area contributed by atoms with Gasteiger partial charge in [0, 0.05) is 10.2 Å². The second-order valence-corrected chi connectivity index (χ2v) is 6.72. The first kappa shape index (κ1) is 15.5. The highest BCUT2D eigenvalue weighted by atomic mass is 79.9. The van der Waals surface area contributed by atoms with Crippen molar-refractivity contribution in [3.8, 4) is 0 Å². The Hall–Kier alpha value is -0.550. The summed E-state index contributed by atoms with van der Waals surface area (Å²) in [6.07, 6.45) is 0. The van der Waals surface area contributed by atoms with Crippen LogP contribution in [0, 0.1) is 5.82 Å². The molecule has 1 aromatic rings. The summed E-state index contributed by atoms with van der Waals surface area (Å²) in [5, 5.41) is 0. The Kier molecular flexibility index (Phi) is 5.66. The minimum atomic E-state index is -0.472. The zero-order chi connectivity index (χ0) is 13.8. The number of carbonyl (C=O) groups is 1. The molecule has 5 heteroatoms. The van der Waals surface area contributed by atoms with E-state index >= 15 is 0 Å². The highest BCUT2D eigenvalue weighted by Crippen LogP contribution is 2.20. The molecule has 0 saturated heterocycles. The zero-order valence-electron chi connectivity index (χ0n) is 10.6. The second kappa shape index (κ2) is 6.57. The Labute approximate surface area is 119 Å². The van der Waals surface area contributed by atoms with E-state index in [9.17, 15) is 9.18 Å². The van der Waals surface area contributed by atoms with Crippen molar-refractivity contribution in [1.29, 1.82) is 0 Å². The number of esters is 1. The standard InChI is InChI=1S/C13H16BrFO2S/c1-13(2,3)17-12(16)8-18-7-9-4-5-10(14)6-11(9)15/h4-6H,7-8H2,1-3H3. The molecule has 18 heavy (non-hydrogen) atoms. The summed E-state index contributed by atoms with van der Waals surface area (Å²) in [6, 6.07) is 4.91. The van der Waals surface area contributed by atoms with Crippen LogP contribution in [0.5, 0.6) is 0 Å². The molecule has 0 atom stereocenters. The summed E-state index contributed by atoms with van der Waals surface area (Å²) in [6.45, 7) is 5.47. The third kappa shape index (κ3) is 5.87. The summed E-state index contributed by atoms with van der Waals surface area (Å²) in [4.78, 5) is 11.4. The van der Waals surface area contributed by atoms with Gasteiger partial charge in [-0.15, -0.1) is 11.8 Å². The van der Waals surface area contributed by atoms with E-state index in [0.717, 1.165) is 0 Å². The molecule has 0 aliphatic heterocycles. The zero-order valence-corrected chi connectivity index (χ0v) is 13.0. The summed E-state index contributed by atoms with van der Waals surface area (Å²) in [5.41, 5.74) is 0.118. The highest BCUT2D eigenvalue weighted by molar-refractivity contribution is 9.10. The van der Waals surface area contributed by atoms with Crippen molar-refractivity contribution in [1.82, 2.24) is 0 Å². The van der Waals surface area contributed by atoms with E-state index in [2.05, 4.69) is 15.9 Å². The minimum Gasteiger partial charge on any atom is -0.459 e. The normalized spacial score (nSPS) is 11.4. The predicted molar refractivity (Wildman–Crippen MR) is 76.1 cm³/mol. The highest BCUT2D eigenvalue weighted by Gasteiger charge is 2.16. The first-order valence-electron chi connectivity index (χ1n) is 5.51. The van der Waals surface area contributed by atoms with Gasteiger partial charge >= 0.3 is 5.97 Å². The van der Waals surface area contributed by atoms with Crippen molar-refractivity contribution in [2.24, 2.45) is 0 Å². The SMILES string of the molecule is CC(C)(C)OC(=O)CSCc1ccc(Br)cc1F. The molecule has 0 bridgehead atoms. The molecule has 0 radical (unpaired) electrons. The van der Waals surface area contributed by atoms with Crippen molar-refractivity contribution in [2.75, 3.05) is 5.75 Å². The fourth-order valence-corrected chi connectivity index (χ4v) is 2.37. The fraction of sp³-hybridized carbons (Fsp3) is 0.462. The lowest BCUT2D eigenvalue weighted by Gasteiger charge is -2.19. The number of benzene rings is 1. The van der Waals surface area contributed by atoms with Crippen LogP contribution in [-0.2, 0) is 15.3 Å². The Bertz CT molecular complexity index is 429. The van der Waals surface area contributed by atoms with Gasteiger partial charge in [-0.3, -0.25) is 4.79 Å². The van der Waals surface area contributed by atoms with E-state index in [1.54, 1.807) is 12.1 Å². The lowest BCUT2D eigenvalue weighted by molar-refractivity contribution is -0.151. The summed E-state index contributed by atoms with van der Waals surface area (Å²) in [5.74, 6) is 0.150. The van der Waals surface area contributed by atoms with Crippen molar-refractivity contribution < 1.29 is 13.9 Å². The van der Waals surface area contributed by atoms with Gasteiger partial charge in [0.15, 0.2) is 0 Å². The average Bonchev–Trinajstić information content (AvgIpc) is 2.18. The number of rotatable bonds is 4. The summed E-state index contributed by atoms with van der Waals surface area (Å²) >= 11 is 4.55. The van der Waals surface area contributed by atoms with Crippen molar-refractivity contribution in [2.45, 2.75) is 32.1 Å². The second-order valence-electron chi connectivity index (χ2n) is 4.81. The van der Waals surface area contributed by atoms with E-state index in [1.807, 2.05) is 20.8 Å². The van der Waals surface area contributed by atoms with Crippen LogP contribution in [0.3, 0.4) is 0 Å². The number of ether oxygens (including phenoxy) is 1. The average molecular weight is 335 g/mol. The number of carbonyl (C=O) groups excluding carboxylic acids is 1. The molecule has 0 spiro atoms. The van der Waals surface area contributed by atoms with Gasteiger partial charge in [0.2, 0.25) is 0 Å². The molecule has 0 N–H and O–H groups in total. The molecule has 1 aromatic carbocycles. The van der Waals surface area contributed by atoms with Crippen LogP contribution in [0.4, 0.5) is 4.39 Å². The van der Waals surface area contributed by atoms with Gasteiger partial charge < -0.3 is 4.74 Å². The molecule has 2 nitrogen and oxygen atoms in total. The molecule has 0 aliphatic carbocycles. The van der Waals surface area contributed by atoms with Crippen LogP contribution in [-0.4, -0.2) is 17.3 Å². The molecular formula is C13H16BrFO2S. The number of thioether (sulfide) groups is 1. The van der Waals surface area contributed by atoms with Crippen LogP contribution in [0.1, 0.15) is 26.3 Å². The number of halogens is 2. The van der Waals surface area contributed by atoms with E-state index in [0.29, 0.717) is 15.8 Å². The Morgan fingerprint density at radius 2 is 2.11 bits per heavy atom. The van der Waals surface area contributed by atoms with Crippen molar-refractivity contribution in [3.05, 3.63) is 34.1 Å². The van der Waals surface area contributed by atoms with Gasteiger partial charge in [-0.25, -0.2) is 4.39 Å². The number of hydrogen-bond acceptors (Lipinski definition) is 3. The first-order valence-corrected chi connectivity index (χ1v) is 7.46. The van der Waals surface area contributed by atoms with Crippen LogP contribution in [0.25, 0.3) is 0 Å². The van der Waals surface area contributed by atoms with Gasteiger partial charge in [-0.05, 0) is 38.5 Å². The third-order valence-corrected chi connectivity index (χ3v) is 3.36. The molecular weight excluding hydrogens is 319 g/mol. The first-order chi connectivity index (χ1) is 8.28. The summed E-state index contributed by atoms with van der Waals surface area (Å²) < 4.78 is 19.4. The molecule has 100 valence electrons. The molecule has 0 heterocycles. The predicted octanol–water partition coefficient (Wildman–Crippen LogP) is 4.16. The lowest BCUT2D eigenvalue weighted by Crippen LogP contribution is -2.24. The third-order valence-electron chi connectivity index (χ3n) is 1.91. The van der Waals surface area contributed by atoms with Gasteiger partial charge in [0.05, 0.1) is 5.75 Å². The van der Waals surface area contributed by atoms with E-state index in [4.69, 9.17) is 4.74 Å². The molecule has 0 fully saturated rings. The van der Waals surface area contributed by atoms with Crippen LogP contribution in [0.2, 0.25) is 0 Å². The van der Waals surface area contributed by atoms with Crippen LogP contribution < -0.4 is 0 Å². The smallest absolute Gasteiger partial charge is 0.316 e.